The molecule has 0 unspecified atom stereocenters. The van der Waals surface area contributed by atoms with Crippen molar-refractivity contribution in [2.75, 3.05) is 20.1 Å². The number of nitrogens with zero attached hydrogens (tertiary/aromatic N) is 2. The van der Waals surface area contributed by atoms with E-state index in [1.54, 1.807) is 22.8 Å². The Morgan fingerprint density at radius 1 is 1.30 bits per heavy atom. The van der Waals surface area contributed by atoms with Crippen molar-refractivity contribution in [1.82, 2.24) is 14.2 Å². The highest BCUT2D eigenvalue weighted by atomic mass is 32.2. The number of likely N-dealkylation sites (tertiary alicyclic amines) is 1. The van der Waals surface area contributed by atoms with Gasteiger partial charge < -0.3 is 4.90 Å². The van der Waals surface area contributed by atoms with Crippen LogP contribution in [0.2, 0.25) is 0 Å². The molecular formula is C15H21N3O3S2. The summed E-state index contributed by atoms with van der Waals surface area (Å²) in [6.45, 7) is 4.28. The van der Waals surface area contributed by atoms with Gasteiger partial charge in [-0.05, 0) is 58.1 Å². The van der Waals surface area contributed by atoms with Crippen LogP contribution in [0.3, 0.4) is 0 Å². The molecule has 23 heavy (non-hydrogen) atoms. The van der Waals surface area contributed by atoms with E-state index in [9.17, 15) is 13.2 Å². The second-order valence-corrected chi connectivity index (χ2v) is 8.65. The summed E-state index contributed by atoms with van der Waals surface area (Å²) >= 11 is 1.09. The Morgan fingerprint density at radius 3 is 2.65 bits per heavy atom. The van der Waals surface area contributed by atoms with Crippen molar-refractivity contribution in [3.8, 4) is 0 Å². The van der Waals surface area contributed by atoms with E-state index in [4.69, 9.17) is 0 Å². The molecule has 126 valence electrons. The standard InChI is InChI=1S/C15H21N3O3S2/c1-3-18-13-5-4-12(10-14(13)22-15(18)19)23(20,21)16-11-6-8-17(2)9-7-11/h4-5,10-11,16H,3,6-9H2,1-2H3. The fourth-order valence-corrected chi connectivity index (χ4v) is 5.33. The Balaban J connectivity index is 1.88. The second-order valence-electron chi connectivity index (χ2n) is 5.94. The average molecular weight is 355 g/mol. The molecule has 2 heterocycles. The number of hydrogen-bond donors (Lipinski definition) is 1. The molecule has 1 aromatic carbocycles. The molecule has 1 aromatic heterocycles. The van der Waals surface area contributed by atoms with E-state index in [0.717, 1.165) is 42.8 Å². The van der Waals surface area contributed by atoms with Crippen LogP contribution in [0.15, 0.2) is 27.9 Å². The number of fused-ring (bicyclic) bond motifs is 1. The summed E-state index contributed by atoms with van der Waals surface area (Å²) in [7, 11) is -1.51. The molecule has 1 saturated heterocycles. The van der Waals surface area contributed by atoms with E-state index in [2.05, 4.69) is 9.62 Å². The number of sulfonamides is 1. The van der Waals surface area contributed by atoms with Crippen LogP contribution < -0.4 is 9.60 Å². The zero-order valence-electron chi connectivity index (χ0n) is 13.3. The maximum Gasteiger partial charge on any atom is 0.308 e. The fraction of sp³-hybridized carbons (Fsp3) is 0.533. The average Bonchev–Trinajstić information content (AvgIpc) is 2.83. The molecule has 1 aliphatic heterocycles. The van der Waals surface area contributed by atoms with E-state index < -0.39 is 10.0 Å². The number of aryl methyl sites for hydroxylation is 1. The lowest BCUT2D eigenvalue weighted by Gasteiger charge is -2.29. The zero-order chi connectivity index (χ0) is 16.6. The maximum absolute atomic E-state index is 12.6. The molecule has 0 amide bonds. The molecule has 3 rings (SSSR count). The van der Waals surface area contributed by atoms with Crippen LogP contribution in [-0.2, 0) is 16.6 Å². The van der Waals surface area contributed by atoms with Crippen molar-refractivity contribution in [3.63, 3.8) is 0 Å². The molecular weight excluding hydrogens is 334 g/mol. The fourth-order valence-electron chi connectivity index (χ4n) is 2.93. The Hall–Kier alpha value is -1.22. The third-order valence-electron chi connectivity index (χ3n) is 4.31. The Labute approximate surface area is 139 Å². The number of benzene rings is 1. The summed E-state index contributed by atoms with van der Waals surface area (Å²) in [5.41, 5.74) is 0.792. The third kappa shape index (κ3) is 3.35. The lowest BCUT2D eigenvalue weighted by Crippen LogP contribution is -2.43. The van der Waals surface area contributed by atoms with E-state index >= 15 is 0 Å². The van der Waals surface area contributed by atoms with E-state index in [1.807, 2.05) is 14.0 Å². The molecule has 0 bridgehead atoms. The van der Waals surface area contributed by atoms with Crippen LogP contribution in [0, 0.1) is 0 Å². The largest absolute Gasteiger partial charge is 0.308 e. The van der Waals surface area contributed by atoms with Gasteiger partial charge in [-0.25, -0.2) is 13.1 Å². The summed E-state index contributed by atoms with van der Waals surface area (Å²) < 4.78 is 30.3. The number of piperidine rings is 1. The van der Waals surface area contributed by atoms with Crippen molar-refractivity contribution in [2.24, 2.45) is 0 Å². The summed E-state index contributed by atoms with van der Waals surface area (Å²) in [6, 6.07) is 4.88. The molecule has 1 aliphatic rings. The SMILES string of the molecule is CCn1c(=O)sc2cc(S(=O)(=O)NC3CCN(C)CC3)ccc21. The van der Waals surface area contributed by atoms with Gasteiger partial charge in [-0.3, -0.25) is 9.36 Å². The highest BCUT2D eigenvalue weighted by molar-refractivity contribution is 7.89. The van der Waals surface area contributed by atoms with Gasteiger partial charge in [0, 0.05) is 12.6 Å². The third-order valence-corrected chi connectivity index (χ3v) is 6.77. The van der Waals surface area contributed by atoms with Gasteiger partial charge >= 0.3 is 4.87 Å². The van der Waals surface area contributed by atoms with Crippen LogP contribution in [0.5, 0.6) is 0 Å². The highest BCUT2D eigenvalue weighted by Gasteiger charge is 2.24. The Kier molecular flexibility index (Phi) is 4.59. The monoisotopic (exact) mass is 355 g/mol. The number of rotatable bonds is 4. The highest BCUT2D eigenvalue weighted by Crippen LogP contribution is 2.22. The summed E-state index contributed by atoms with van der Waals surface area (Å²) in [6.07, 6.45) is 1.63. The van der Waals surface area contributed by atoms with E-state index in [0.29, 0.717) is 11.2 Å². The minimum atomic E-state index is -3.55. The van der Waals surface area contributed by atoms with Crippen LogP contribution in [0.25, 0.3) is 10.2 Å². The van der Waals surface area contributed by atoms with Gasteiger partial charge in [0.2, 0.25) is 10.0 Å². The molecule has 0 saturated carbocycles. The minimum absolute atomic E-state index is 0.0223. The topological polar surface area (TPSA) is 71.4 Å². The van der Waals surface area contributed by atoms with Crippen LogP contribution >= 0.6 is 11.3 Å². The number of nitrogens with one attached hydrogen (secondary N) is 1. The van der Waals surface area contributed by atoms with Crippen molar-refractivity contribution >= 4 is 31.6 Å². The molecule has 2 aromatic rings. The molecule has 8 heteroatoms. The lowest BCUT2D eigenvalue weighted by atomic mass is 10.1. The van der Waals surface area contributed by atoms with Crippen molar-refractivity contribution < 1.29 is 8.42 Å². The van der Waals surface area contributed by atoms with E-state index in [-0.39, 0.29) is 15.8 Å². The van der Waals surface area contributed by atoms with Crippen LogP contribution in [0.4, 0.5) is 0 Å². The number of thiazole rings is 1. The second kappa shape index (κ2) is 6.35. The summed E-state index contributed by atoms with van der Waals surface area (Å²) in [5.74, 6) is 0. The molecule has 0 atom stereocenters. The first-order valence-corrected chi connectivity index (χ1v) is 10.0. The van der Waals surface area contributed by atoms with Crippen molar-refractivity contribution in [1.29, 1.82) is 0 Å². The van der Waals surface area contributed by atoms with Gasteiger partial charge in [0.25, 0.3) is 0 Å². The van der Waals surface area contributed by atoms with Gasteiger partial charge in [-0.2, -0.15) is 0 Å². The van der Waals surface area contributed by atoms with Gasteiger partial charge in [0.15, 0.2) is 0 Å². The summed E-state index contributed by atoms with van der Waals surface area (Å²) in [4.78, 5) is 14.3. The molecule has 6 nitrogen and oxygen atoms in total. The van der Waals surface area contributed by atoms with Gasteiger partial charge in [-0.1, -0.05) is 11.3 Å². The smallest absolute Gasteiger partial charge is 0.306 e. The minimum Gasteiger partial charge on any atom is -0.306 e. The molecule has 1 N–H and O–H groups in total. The predicted molar refractivity (Wildman–Crippen MR) is 92.6 cm³/mol. The number of hydrogen-bond acceptors (Lipinski definition) is 5. The predicted octanol–water partition coefficient (Wildman–Crippen LogP) is 1.46. The molecule has 0 radical (unpaired) electrons. The molecule has 0 aliphatic carbocycles. The zero-order valence-corrected chi connectivity index (χ0v) is 14.9. The molecule has 0 spiro atoms. The van der Waals surface area contributed by atoms with Gasteiger partial charge in [-0.15, -0.1) is 0 Å². The Morgan fingerprint density at radius 2 is 2.00 bits per heavy atom. The normalized spacial score (nSPS) is 17.8. The molecule has 1 fully saturated rings. The van der Waals surface area contributed by atoms with E-state index in [1.165, 1.54) is 0 Å². The van der Waals surface area contributed by atoms with Gasteiger partial charge in [0.05, 0.1) is 15.1 Å². The van der Waals surface area contributed by atoms with Gasteiger partial charge in [0.1, 0.15) is 0 Å². The van der Waals surface area contributed by atoms with Crippen LogP contribution in [0.1, 0.15) is 19.8 Å². The lowest BCUT2D eigenvalue weighted by molar-refractivity contribution is 0.248. The number of aromatic nitrogens is 1. The summed E-state index contributed by atoms with van der Waals surface area (Å²) in [5, 5.41) is 0. The van der Waals surface area contributed by atoms with Crippen molar-refractivity contribution in [2.45, 2.75) is 37.2 Å². The van der Waals surface area contributed by atoms with Crippen molar-refractivity contribution in [3.05, 3.63) is 27.9 Å². The van der Waals surface area contributed by atoms with Crippen LogP contribution in [-0.4, -0.2) is 44.1 Å². The first-order valence-electron chi connectivity index (χ1n) is 7.75. The first kappa shape index (κ1) is 16.6. The first-order chi connectivity index (χ1) is 10.9. The Bertz CT molecular complexity index is 862. The maximum atomic E-state index is 12.6. The quantitative estimate of drug-likeness (QED) is 0.901.